The van der Waals surface area contributed by atoms with E-state index in [1.807, 2.05) is 0 Å². The molecule has 0 unspecified atom stereocenters. The van der Waals surface area contributed by atoms with Crippen LogP contribution in [0.25, 0.3) is 0 Å². The second-order valence-electron chi connectivity index (χ2n) is 8.59. The van der Waals surface area contributed by atoms with Crippen molar-refractivity contribution in [3.63, 3.8) is 0 Å². The van der Waals surface area contributed by atoms with Crippen LogP contribution in [0.3, 0.4) is 0 Å². The van der Waals surface area contributed by atoms with Crippen molar-refractivity contribution in [2.75, 3.05) is 36.0 Å². The van der Waals surface area contributed by atoms with Crippen LogP contribution in [-0.4, -0.2) is 36.1 Å². The summed E-state index contributed by atoms with van der Waals surface area (Å²) in [6.07, 6.45) is 13.4. The molecule has 6 heteroatoms. The molecular formula is C26H44N6. The molecule has 0 aliphatic carbocycles. The molecule has 6 nitrogen and oxygen atoms in total. The van der Waals surface area contributed by atoms with Gasteiger partial charge in [-0.2, -0.15) is 10.5 Å². The molecular weight excluding hydrogens is 396 g/mol. The summed E-state index contributed by atoms with van der Waals surface area (Å²) in [6, 6.07) is 4.57. The summed E-state index contributed by atoms with van der Waals surface area (Å²) in [6.45, 7) is 12.2. The fourth-order valence-corrected chi connectivity index (χ4v) is 3.87. The van der Waals surface area contributed by atoms with Crippen molar-refractivity contribution in [1.29, 1.82) is 10.5 Å². The minimum absolute atomic E-state index is 0.350. The van der Waals surface area contributed by atoms with Crippen LogP contribution in [0.5, 0.6) is 0 Å². The van der Waals surface area contributed by atoms with Crippen molar-refractivity contribution in [2.24, 2.45) is 0 Å². The molecule has 0 aliphatic heterocycles. The van der Waals surface area contributed by atoms with Crippen LogP contribution in [0, 0.1) is 22.7 Å². The Morgan fingerprint density at radius 3 is 1.03 bits per heavy atom. The van der Waals surface area contributed by atoms with Gasteiger partial charge in [0, 0.05) is 26.2 Å². The Labute approximate surface area is 196 Å². The van der Waals surface area contributed by atoms with Crippen LogP contribution in [0.1, 0.15) is 116 Å². The van der Waals surface area contributed by atoms with Gasteiger partial charge in [-0.1, -0.05) is 79.1 Å². The van der Waals surface area contributed by atoms with E-state index < -0.39 is 0 Å². The Bertz CT molecular complexity index is 637. The zero-order chi connectivity index (χ0) is 23.6. The summed E-state index contributed by atoms with van der Waals surface area (Å²) < 4.78 is 0. The first-order chi connectivity index (χ1) is 15.7. The molecule has 0 amide bonds. The van der Waals surface area contributed by atoms with Gasteiger partial charge in [0.05, 0.1) is 0 Å². The molecule has 1 heterocycles. The number of aromatic nitrogens is 2. The monoisotopic (exact) mass is 440 g/mol. The lowest BCUT2D eigenvalue weighted by Crippen LogP contribution is -2.31. The third-order valence-corrected chi connectivity index (χ3v) is 5.80. The highest BCUT2D eigenvalue weighted by Crippen LogP contribution is 2.25. The van der Waals surface area contributed by atoms with E-state index in [-0.39, 0.29) is 0 Å². The molecule has 0 N–H and O–H groups in total. The maximum Gasteiger partial charge on any atom is 0.185 e. The predicted octanol–water partition coefficient (Wildman–Crippen LogP) is 6.59. The van der Waals surface area contributed by atoms with E-state index in [0.29, 0.717) is 23.0 Å². The van der Waals surface area contributed by atoms with Gasteiger partial charge < -0.3 is 9.80 Å². The molecule has 0 fully saturated rings. The lowest BCUT2D eigenvalue weighted by molar-refractivity contribution is 0.623. The molecule has 1 aromatic heterocycles. The Morgan fingerprint density at radius 2 is 0.812 bits per heavy atom. The molecule has 1 aromatic rings. The van der Waals surface area contributed by atoms with Gasteiger partial charge in [0.2, 0.25) is 0 Å². The summed E-state index contributed by atoms with van der Waals surface area (Å²) in [5, 5.41) is 19.9. The minimum Gasteiger partial charge on any atom is -0.354 e. The molecule has 0 radical (unpaired) electrons. The highest BCUT2D eigenvalue weighted by atomic mass is 15.2. The predicted molar refractivity (Wildman–Crippen MR) is 134 cm³/mol. The number of hydrogen-bond donors (Lipinski definition) is 0. The number of hydrogen-bond acceptors (Lipinski definition) is 6. The van der Waals surface area contributed by atoms with Crippen molar-refractivity contribution in [3.8, 4) is 12.1 Å². The van der Waals surface area contributed by atoms with Crippen LogP contribution in [0.4, 0.5) is 11.6 Å². The fraction of sp³-hybridized carbons (Fsp3) is 0.769. The van der Waals surface area contributed by atoms with E-state index >= 15 is 0 Å². The van der Waals surface area contributed by atoms with E-state index in [4.69, 9.17) is 9.97 Å². The number of nitrogens with zero attached hydrogens (tertiary/aromatic N) is 6. The number of rotatable bonds is 18. The quantitative estimate of drug-likeness (QED) is 0.239. The van der Waals surface area contributed by atoms with E-state index in [0.717, 1.165) is 103 Å². The average Bonchev–Trinajstić information content (AvgIpc) is 2.81. The SMILES string of the molecule is CCCCCN(CCCCC)c1nc(C#N)c(N(CCCCC)CCCCC)nc1C#N. The van der Waals surface area contributed by atoms with Crippen molar-refractivity contribution in [1.82, 2.24) is 9.97 Å². The van der Waals surface area contributed by atoms with E-state index in [1.165, 1.54) is 0 Å². The Kier molecular flexibility index (Phi) is 14.9. The normalized spacial score (nSPS) is 10.6. The highest BCUT2D eigenvalue weighted by molar-refractivity contribution is 5.60. The third-order valence-electron chi connectivity index (χ3n) is 5.80. The summed E-state index contributed by atoms with van der Waals surface area (Å²) in [4.78, 5) is 13.8. The lowest BCUT2D eigenvalue weighted by atomic mass is 10.2. The smallest absolute Gasteiger partial charge is 0.185 e. The molecule has 0 bridgehead atoms. The van der Waals surface area contributed by atoms with E-state index in [1.54, 1.807) is 0 Å². The van der Waals surface area contributed by atoms with Gasteiger partial charge >= 0.3 is 0 Å². The second kappa shape index (κ2) is 17.2. The van der Waals surface area contributed by atoms with Gasteiger partial charge in [-0.15, -0.1) is 0 Å². The van der Waals surface area contributed by atoms with Gasteiger partial charge in [0.15, 0.2) is 23.0 Å². The molecule has 0 aromatic carbocycles. The van der Waals surface area contributed by atoms with Crippen molar-refractivity contribution < 1.29 is 0 Å². The molecule has 0 saturated heterocycles. The van der Waals surface area contributed by atoms with E-state index in [2.05, 4.69) is 49.6 Å². The van der Waals surface area contributed by atoms with Crippen molar-refractivity contribution >= 4 is 11.6 Å². The maximum atomic E-state index is 9.93. The van der Waals surface area contributed by atoms with Gasteiger partial charge in [-0.05, 0) is 25.7 Å². The molecule has 32 heavy (non-hydrogen) atoms. The number of anilines is 2. The maximum absolute atomic E-state index is 9.93. The summed E-state index contributed by atoms with van der Waals surface area (Å²) in [7, 11) is 0. The van der Waals surface area contributed by atoms with Crippen molar-refractivity contribution in [2.45, 2.75) is 105 Å². The summed E-state index contributed by atoms with van der Waals surface area (Å²) in [5.41, 5.74) is 0.700. The van der Waals surface area contributed by atoms with Crippen LogP contribution in [0.15, 0.2) is 0 Å². The molecule has 0 aliphatic rings. The Morgan fingerprint density at radius 1 is 0.531 bits per heavy atom. The molecule has 178 valence electrons. The fourth-order valence-electron chi connectivity index (χ4n) is 3.87. The Hall–Kier alpha value is -2.34. The van der Waals surface area contributed by atoms with Crippen molar-refractivity contribution in [3.05, 3.63) is 11.4 Å². The molecule has 0 atom stereocenters. The van der Waals surface area contributed by atoms with Gasteiger partial charge in [-0.25, -0.2) is 9.97 Å². The van der Waals surface area contributed by atoms with Crippen LogP contribution in [0.2, 0.25) is 0 Å². The topological polar surface area (TPSA) is 79.8 Å². The first-order valence-electron chi connectivity index (χ1n) is 12.9. The summed E-state index contributed by atoms with van der Waals surface area (Å²) >= 11 is 0. The average molecular weight is 441 g/mol. The van der Waals surface area contributed by atoms with Crippen LogP contribution >= 0.6 is 0 Å². The van der Waals surface area contributed by atoms with E-state index in [9.17, 15) is 10.5 Å². The lowest BCUT2D eigenvalue weighted by Gasteiger charge is -2.28. The summed E-state index contributed by atoms with van der Waals surface area (Å²) in [5.74, 6) is 1.17. The molecule has 0 spiro atoms. The zero-order valence-electron chi connectivity index (χ0n) is 21.0. The number of unbranched alkanes of at least 4 members (excludes halogenated alkanes) is 8. The van der Waals surface area contributed by atoms with Gasteiger partial charge in [-0.3, -0.25) is 0 Å². The third kappa shape index (κ3) is 9.43. The standard InChI is InChI=1S/C26H44N6/c1-5-9-13-17-31(18-14-10-6-2)25-23(21-27)30-26(24(22-28)29-25)32(19-15-11-7-3)20-16-12-8-4/h5-20H2,1-4H3. The Balaban J connectivity index is 3.28. The first-order valence-corrected chi connectivity index (χ1v) is 12.9. The minimum atomic E-state index is 0.350. The van der Waals surface area contributed by atoms with Crippen LogP contribution in [-0.2, 0) is 0 Å². The number of nitriles is 2. The second-order valence-corrected chi connectivity index (χ2v) is 8.59. The first kappa shape index (κ1) is 27.7. The highest BCUT2D eigenvalue weighted by Gasteiger charge is 2.22. The largest absolute Gasteiger partial charge is 0.354 e. The van der Waals surface area contributed by atoms with Gasteiger partial charge in [0.25, 0.3) is 0 Å². The van der Waals surface area contributed by atoms with Gasteiger partial charge in [0.1, 0.15) is 12.1 Å². The molecule has 0 saturated carbocycles. The van der Waals surface area contributed by atoms with Crippen LogP contribution < -0.4 is 9.80 Å². The molecule has 1 rings (SSSR count). The zero-order valence-corrected chi connectivity index (χ0v) is 21.0.